The Hall–Kier alpha value is -2.28. The summed E-state index contributed by atoms with van der Waals surface area (Å²) in [7, 11) is 1.83. The van der Waals surface area contributed by atoms with Crippen LogP contribution in [-0.2, 0) is 6.42 Å². The van der Waals surface area contributed by atoms with Crippen molar-refractivity contribution >= 4 is 5.91 Å². The number of rotatable bonds is 4. The lowest BCUT2D eigenvalue weighted by Crippen LogP contribution is -2.48. The van der Waals surface area contributed by atoms with E-state index in [1.807, 2.05) is 14.0 Å². The van der Waals surface area contributed by atoms with Crippen molar-refractivity contribution < 1.29 is 9.18 Å². The van der Waals surface area contributed by atoms with Gasteiger partial charge in [-0.25, -0.2) is 14.1 Å². The molecule has 2 aliphatic rings. The molecule has 0 saturated carbocycles. The van der Waals surface area contributed by atoms with E-state index in [-0.39, 0.29) is 23.6 Å². The predicted octanol–water partition coefficient (Wildman–Crippen LogP) is 2.32. The molecule has 6 nitrogen and oxygen atoms in total. The van der Waals surface area contributed by atoms with Gasteiger partial charge in [0.05, 0.1) is 0 Å². The lowest BCUT2D eigenvalue weighted by molar-refractivity contribution is 0.0669. The Morgan fingerprint density at radius 1 is 1.31 bits per heavy atom. The summed E-state index contributed by atoms with van der Waals surface area (Å²) in [5.74, 6) is 0.145. The van der Waals surface area contributed by atoms with Gasteiger partial charge in [-0.15, -0.1) is 5.10 Å². The minimum atomic E-state index is -0.380. The van der Waals surface area contributed by atoms with Crippen molar-refractivity contribution in [3.8, 4) is 5.69 Å². The van der Waals surface area contributed by atoms with Gasteiger partial charge in [0.1, 0.15) is 17.3 Å². The van der Waals surface area contributed by atoms with Crippen LogP contribution < -0.4 is 5.32 Å². The number of piperidine rings is 1. The van der Waals surface area contributed by atoms with Crippen LogP contribution in [0.3, 0.4) is 0 Å². The fraction of sp³-hybridized carbons (Fsp3) is 0.526. The third-order valence-corrected chi connectivity index (χ3v) is 5.58. The van der Waals surface area contributed by atoms with Gasteiger partial charge in [-0.1, -0.05) is 19.1 Å². The molecule has 3 heterocycles. The second-order valence-corrected chi connectivity index (χ2v) is 7.25. The van der Waals surface area contributed by atoms with E-state index in [1.54, 1.807) is 23.1 Å². The SMILES string of the molecule is CCc1nc(C(=O)N(C)C2CC3CCC(C2)N3)nn1-c1ccccc1F. The summed E-state index contributed by atoms with van der Waals surface area (Å²) in [6, 6.07) is 7.62. The number of amides is 1. The van der Waals surface area contributed by atoms with E-state index < -0.39 is 0 Å². The third-order valence-electron chi connectivity index (χ3n) is 5.58. The molecule has 0 aliphatic carbocycles. The molecule has 26 heavy (non-hydrogen) atoms. The van der Waals surface area contributed by atoms with Crippen LogP contribution in [0, 0.1) is 5.82 Å². The molecule has 1 aromatic heterocycles. The maximum atomic E-state index is 14.2. The Morgan fingerprint density at radius 2 is 2.00 bits per heavy atom. The van der Waals surface area contributed by atoms with E-state index in [2.05, 4.69) is 15.4 Å². The molecule has 2 aromatic rings. The van der Waals surface area contributed by atoms with Gasteiger partial charge in [0, 0.05) is 31.6 Å². The second kappa shape index (κ2) is 6.79. The van der Waals surface area contributed by atoms with Gasteiger partial charge in [-0.3, -0.25) is 4.79 Å². The molecule has 0 radical (unpaired) electrons. The molecular formula is C19H24FN5O. The first kappa shape index (κ1) is 17.1. The summed E-state index contributed by atoms with van der Waals surface area (Å²) in [5, 5.41) is 7.93. The zero-order valence-electron chi connectivity index (χ0n) is 15.2. The molecule has 0 spiro atoms. The summed E-state index contributed by atoms with van der Waals surface area (Å²) in [4.78, 5) is 19.1. The van der Waals surface area contributed by atoms with Gasteiger partial charge in [-0.05, 0) is 37.8 Å². The Kier molecular flexibility index (Phi) is 4.48. The zero-order valence-corrected chi connectivity index (χ0v) is 15.2. The molecule has 4 rings (SSSR count). The highest BCUT2D eigenvalue weighted by atomic mass is 19.1. The van der Waals surface area contributed by atoms with Gasteiger partial charge < -0.3 is 10.2 Å². The average molecular weight is 357 g/mol. The molecule has 7 heteroatoms. The smallest absolute Gasteiger partial charge is 0.293 e. The van der Waals surface area contributed by atoms with E-state index in [4.69, 9.17) is 0 Å². The van der Waals surface area contributed by atoms with Crippen molar-refractivity contribution in [2.45, 2.75) is 57.2 Å². The molecule has 1 aromatic carbocycles. The van der Waals surface area contributed by atoms with Crippen LogP contribution >= 0.6 is 0 Å². The van der Waals surface area contributed by atoms with Crippen LogP contribution in [0.5, 0.6) is 0 Å². The lowest BCUT2D eigenvalue weighted by Gasteiger charge is -2.35. The summed E-state index contributed by atoms with van der Waals surface area (Å²) < 4.78 is 15.6. The fourth-order valence-corrected chi connectivity index (χ4v) is 4.15. The van der Waals surface area contributed by atoms with Gasteiger partial charge >= 0.3 is 0 Å². The number of aryl methyl sites for hydroxylation is 1. The van der Waals surface area contributed by atoms with Crippen LogP contribution in [0.4, 0.5) is 4.39 Å². The zero-order chi connectivity index (χ0) is 18.3. The van der Waals surface area contributed by atoms with Crippen molar-refractivity contribution in [1.29, 1.82) is 0 Å². The van der Waals surface area contributed by atoms with Crippen LogP contribution in [0.2, 0.25) is 0 Å². The number of para-hydroxylation sites is 1. The van der Waals surface area contributed by atoms with E-state index >= 15 is 0 Å². The topological polar surface area (TPSA) is 63.1 Å². The molecule has 2 saturated heterocycles. The largest absolute Gasteiger partial charge is 0.336 e. The number of nitrogens with zero attached hydrogens (tertiary/aromatic N) is 4. The molecule has 1 N–H and O–H groups in total. The molecular weight excluding hydrogens is 333 g/mol. The molecule has 2 fully saturated rings. The highest BCUT2D eigenvalue weighted by Gasteiger charge is 2.37. The van der Waals surface area contributed by atoms with E-state index in [1.165, 1.54) is 23.6 Å². The Morgan fingerprint density at radius 3 is 2.65 bits per heavy atom. The van der Waals surface area contributed by atoms with Crippen molar-refractivity contribution in [2.75, 3.05) is 7.05 Å². The number of carbonyl (C=O) groups excluding carboxylic acids is 1. The maximum absolute atomic E-state index is 14.2. The number of carbonyl (C=O) groups is 1. The summed E-state index contributed by atoms with van der Waals surface area (Å²) in [5.41, 5.74) is 0.318. The minimum absolute atomic E-state index is 0.137. The maximum Gasteiger partial charge on any atom is 0.293 e. The number of hydrogen-bond acceptors (Lipinski definition) is 4. The first-order chi connectivity index (χ1) is 12.6. The highest BCUT2D eigenvalue weighted by Crippen LogP contribution is 2.29. The Labute approximate surface area is 152 Å². The van der Waals surface area contributed by atoms with Crippen LogP contribution in [-0.4, -0.2) is 50.7 Å². The normalized spacial score (nSPS) is 24.7. The summed E-state index contributed by atoms with van der Waals surface area (Å²) in [6.45, 7) is 1.92. The lowest BCUT2D eigenvalue weighted by atomic mass is 9.98. The number of aromatic nitrogens is 3. The van der Waals surface area contributed by atoms with Crippen molar-refractivity contribution in [3.05, 3.63) is 41.7 Å². The standard InChI is InChI=1S/C19H24FN5O/c1-3-17-22-18(23-25(17)16-7-5-4-6-15(16)20)19(26)24(2)14-10-12-8-9-13(11-14)21-12/h4-7,12-14,21H,3,8-11H2,1-2H3. The molecule has 1 amide bonds. The van der Waals surface area contributed by atoms with E-state index in [0.29, 0.717) is 30.0 Å². The first-order valence-corrected chi connectivity index (χ1v) is 9.31. The van der Waals surface area contributed by atoms with E-state index in [9.17, 15) is 9.18 Å². The van der Waals surface area contributed by atoms with Gasteiger partial charge in [-0.2, -0.15) is 0 Å². The van der Waals surface area contributed by atoms with Crippen LogP contribution in [0.25, 0.3) is 5.69 Å². The Balaban J connectivity index is 1.59. The number of hydrogen-bond donors (Lipinski definition) is 1. The third kappa shape index (κ3) is 3.00. The molecule has 2 unspecified atom stereocenters. The Bertz CT molecular complexity index is 808. The molecule has 2 atom stereocenters. The molecule has 138 valence electrons. The van der Waals surface area contributed by atoms with Gasteiger partial charge in [0.15, 0.2) is 0 Å². The average Bonchev–Trinajstić information content (AvgIpc) is 3.23. The predicted molar refractivity (Wildman–Crippen MR) is 95.8 cm³/mol. The number of benzene rings is 1. The summed E-state index contributed by atoms with van der Waals surface area (Å²) in [6.07, 6.45) is 4.86. The monoisotopic (exact) mass is 357 g/mol. The van der Waals surface area contributed by atoms with Crippen molar-refractivity contribution in [1.82, 2.24) is 25.0 Å². The van der Waals surface area contributed by atoms with E-state index in [0.717, 1.165) is 12.8 Å². The van der Waals surface area contributed by atoms with Gasteiger partial charge in [0.25, 0.3) is 5.91 Å². The number of halogens is 1. The van der Waals surface area contributed by atoms with Crippen molar-refractivity contribution in [2.24, 2.45) is 0 Å². The number of nitrogens with one attached hydrogen (secondary N) is 1. The minimum Gasteiger partial charge on any atom is -0.336 e. The van der Waals surface area contributed by atoms with Crippen molar-refractivity contribution in [3.63, 3.8) is 0 Å². The highest BCUT2D eigenvalue weighted by molar-refractivity contribution is 5.90. The second-order valence-electron chi connectivity index (χ2n) is 7.25. The molecule has 2 aliphatic heterocycles. The quantitative estimate of drug-likeness (QED) is 0.912. The first-order valence-electron chi connectivity index (χ1n) is 9.31. The molecule has 2 bridgehead atoms. The fourth-order valence-electron chi connectivity index (χ4n) is 4.15. The summed E-state index contributed by atoms with van der Waals surface area (Å²) >= 11 is 0. The van der Waals surface area contributed by atoms with Crippen LogP contribution in [0.15, 0.2) is 24.3 Å². The number of fused-ring (bicyclic) bond motifs is 2. The van der Waals surface area contributed by atoms with Gasteiger partial charge in [0.2, 0.25) is 5.82 Å². The van der Waals surface area contributed by atoms with Crippen LogP contribution in [0.1, 0.15) is 49.1 Å².